The summed E-state index contributed by atoms with van der Waals surface area (Å²) in [5.41, 5.74) is 1.05. The van der Waals surface area contributed by atoms with E-state index in [1.54, 1.807) is 12.4 Å². The highest BCUT2D eigenvalue weighted by molar-refractivity contribution is 5.85. The maximum Gasteiger partial charge on any atom is 0.406 e. The first-order valence-corrected chi connectivity index (χ1v) is 7.44. The second-order valence-electron chi connectivity index (χ2n) is 5.56. The Kier molecular flexibility index (Phi) is 6.20. The third-order valence-electron chi connectivity index (χ3n) is 3.92. The quantitative estimate of drug-likeness (QED) is 0.908. The molecule has 3 heterocycles. The van der Waals surface area contributed by atoms with Crippen molar-refractivity contribution in [3.8, 4) is 0 Å². The first-order chi connectivity index (χ1) is 11.0. The summed E-state index contributed by atoms with van der Waals surface area (Å²) in [5.74, 6) is 0.429. The predicted molar refractivity (Wildman–Crippen MR) is 85.8 cm³/mol. The second-order valence-corrected chi connectivity index (χ2v) is 5.56. The van der Waals surface area contributed by atoms with Crippen molar-refractivity contribution in [3.63, 3.8) is 0 Å². The summed E-state index contributed by atoms with van der Waals surface area (Å²) in [6.45, 7) is 1.66. The van der Waals surface area contributed by atoms with Gasteiger partial charge < -0.3 is 9.88 Å². The molecule has 1 unspecified atom stereocenters. The number of pyridine rings is 1. The summed E-state index contributed by atoms with van der Waals surface area (Å²) in [6.07, 6.45) is 2.06. The molecule has 3 rings (SSSR count). The summed E-state index contributed by atoms with van der Waals surface area (Å²) < 4.78 is 39.1. The normalized spacial score (nSPS) is 19.0. The van der Waals surface area contributed by atoms with Crippen molar-refractivity contribution < 1.29 is 13.2 Å². The van der Waals surface area contributed by atoms with Gasteiger partial charge in [0.1, 0.15) is 12.4 Å². The number of piperazine rings is 1. The van der Waals surface area contributed by atoms with Crippen LogP contribution in [0.4, 0.5) is 13.2 Å². The SMILES string of the molecule is Cl.FC(F)(F)Cn1ccnc1CN1CCNCC1c1cccnc1. The molecule has 1 atom stereocenters. The van der Waals surface area contributed by atoms with E-state index in [0.29, 0.717) is 12.4 Å². The average molecular weight is 362 g/mol. The first kappa shape index (κ1) is 18.7. The lowest BCUT2D eigenvalue weighted by molar-refractivity contribution is -0.141. The van der Waals surface area contributed by atoms with Gasteiger partial charge in [-0.2, -0.15) is 13.2 Å². The van der Waals surface area contributed by atoms with E-state index in [9.17, 15) is 13.2 Å². The lowest BCUT2D eigenvalue weighted by Gasteiger charge is -2.36. The highest BCUT2D eigenvalue weighted by Crippen LogP contribution is 2.24. The summed E-state index contributed by atoms with van der Waals surface area (Å²) in [5, 5.41) is 3.32. The molecule has 1 N–H and O–H groups in total. The fraction of sp³-hybridized carbons (Fsp3) is 0.467. The Hall–Kier alpha value is -1.64. The van der Waals surface area contributed by atoms with E-state index in [1.165, 1.54) is 17.0 Å². The number of aromatic nitrogens is 3. The lowest BCUT2D eigenvalue weighted by Crippen LogP contribution is -2.46. The summed E-state index contributed by atoms with van der Waals surface area (Å²) >= 11 is 0. The van der Waals surface area contributed by atoms with Crippen LogP contribution in [0.5, 0.6) is 0 Å². The van der Waals surface area contributed by atoms with Crippen LogP contribution in [0, 0.1) is 0 Å². The largest absolute Gasteiger partial charge is 0.406 e. The van der Waals surface area contributed by atoms with Crippen molar-refractivity contribution in [2.45, 2.75) is 25.3 Å². The zero-order valence-corrected chi connectivity index (χ0v) is 13.7. The standard InChI is InChI=1S/C15H18F3N5.ClH/c16-15(17,18)11-23-7-5-21-14(23)10-22-6-4-20-9-13(22)12-2-1-3-19-8-12;/h1-3,5,7-8,13,20H,4,6,9-11H2;1H. The lowest BCUT2D eigenvalue weighted by atomic mass is 10.1. The van der Waals surface area contributed by atoms with Crippen molar-refractivity contribution in [3.05, 3.63) is 48.3 Å². The molecule has 5 nitrogen and oxygen atoms in total. The van der Waals surface area contributed by atoms with Crippen LogP contribution in [-0.2, 0) is 13.1 Å². The topological polar surface area (TPSA) is 46.0 Å². The van der Waals surface area contributed by atoms with Crippen molar-refractivity contribution in [2.24, 2.45) is 0 Å². The molecule has 0 amide bonds. The highest BCUT2D eigenvalue weighted by atomic mass is 35.5. The van der Waals surface area contributed by atoms with Gasteiger partial charge in [-0.1, -0.05) is 6.07 Å². The highest BCUT2D eigenvalue weighted by Gasteiger charge is 2.30. The Morgan fingerprint density at radius 3 is 2.83 bits per heavy atom. The van der Waals surface area contributed by atoms with Gasteiger partial charge in [0.25, 0.3) is 0 Å². The Morgan fingerprint density at radius 1 is 1.29 bits per heavy atom. The molecule has 1 saturated heterocycles. The maximum absolute atomic E-state index is 12.6. The Morgan fingerprint density at radius 2 is 2.12 bits per heavy atom. The van der Waals surface area contributed by atoms with E-state index in [2.05, 4.69) is 20.2 Å². The smallest absolute Gasteiger partial charge is 0.325 e. The van der Waals surface area contributed by atoms with Gasteiger partial charge in [-0.25, -0.2) is 4.98 Å². The number of imidazole rings is 1. The number of halogens is 4. The Bertz CT molecular complexity index is 632. The predicted octanol–water partition coefficient (Wildman–Crippen LogP) is 2.41. The third kappa shape index (κ3) is 4.68. The Labute approximate surface area is 144 Å². The van der Waals surface area contributed by atoms with E-state index >= 15 is 0 Å². The number of rotatable bonds is 4. The summed E-state index contributed by atoms with van der Waals surface area (Å²) in [4.78, 5) is 10.4. The fourth-order valence-corrected chi connectivity index (χ4v) is 2.85. The molecule has 0 bridgehead atoms. The molecular formula is C15H19ClF3N5. The monoisotopic (exact) mass is 361 g/mol. The van der Waals surface area contributed by atoms with Crippen LogP contribution in [0.2, 0.25) is 0 Å². The van der Waals surface area contributed by atoms with Gasteiger partial charge in [-0.3, -0.25) is 9.88 Å². The minimum Gasteiger partial charge on any atom is -0.325 e. The molecule has 9 heteroatoms. The van der Waals surface area contributed by atoms with Crippen LogP contribution < -0.4 is 5.32 Å². The van der Waals surface area contributed by atoms with Crippen molar-refractivity contribution in [1.29, 1.82) is 0 Å². The van der Waals surface area contributed by atoms with Crippen LogP contribution in [0.25, 0.3) is 0 Å². The zero-order chi connectivity index (χ0) is 16.3. The third-order valence-corrected chi connectivity index (χ3v) is 3.92. The summed E-state index contributed by atoms with van der Waals surface area (Å²) in [6, 6.07) is 3.93. The summed E-state index contributed by atoms with van der Waals surface area (Å²) in [7, 11) is 0. The van der Waals surface area contributed by atoms with Crippen molar-refractivity contribution in [2.75, 3.05) is 19.6 Å². The first-order valence-electron chi connectivity index (χ1n) is 7.44. The molecule has 132 valence electrons. The van der Waals surface area contributed by atoms with Gasteiger partial charge >= 0.3 is 6.18 Å². The van der Waals surface area contributed by atoms with E-state index in [1.807, 2.05) is 12.1 Å². The van der Waals surface area contributed by atoms with Gasteiger partial charge in [0.15, 0.2) is 0 Å². The minimum absolute atomic E-state index is 0. The number of nitrogens with zero attached hydrogens (tertiary/aromatic N) is 4. The van der Waals surface area contributed by atoms with Crippen LogP contribution in [-0.4, -0.2) is 45.2 Å². The van der Waals surface area contributed by atoms with Crippen LogP contribution in [0.15, 0.2) is 36.9 Å². The van der Waals surface area contributed by atoms with Crippen LogP contribution >= 0.6 is 12.4 Å². The van der Waals surface area contributed by atoms with E-state index < -0.39 is 12.7 Å². The van der Waals surface area contributed by atoms with Gasteiger partial charge in [-0.05, 0) is 11.6 Å². The molecule has 24 heavy (non-hydrogen) atoms. The van der Waals surface area contributed by atoms with E-state index in [4.69, 9.17) is 0 Å². The minimum atomic E-state index is -4.25. The van der Waals surface area contributed by atoms with Crippen molar-refractivity contribution in [1.82, 2.24) is 24.8 Å². The average Bonchev–Trinajstić information content (AvgIpc) is 2.94. The molecule has 0 aliphatic carbocycles. The maximum atomic E-state index is 12.6. The molecule has 2 aromatic rings. The van der Waals surface area contributed by atoms with Crippen molar-refractivity contribution >= 4 is 12.4 Å². The van der Waals surface area contributed by atoms with Gasteiger partial charge in [0, 0.05) is 50.5 Å². The van der Waals surface area contributed by atoms with Gasteiger partial charge in [0.05, 0.1) is 6.54 Å². The van der Waals surface area contributed by atoms with Gasteiger partial charge in [0.2, 0.25) is 0 Å². The molecule has 0 aromatic carbocycles. The molecule has 2 aromatic heterocycles. The number of hydrogen-bond acceptors (Lipinski definition) is 4. The molecular weight excluding hydrogens is 343 g/mol. The number of nitrogens with one attached hydrogen (secondary N) is 1. The number of hydrogen-bond donors (Lipinski definition) is 1. The second kappa shape index (κ2) is 7.96. The number of alkyl halides is 3. The van der Waals surface area contributed by atoms with Crippen LogP contribution in [0.1, 0.15) is 17.4 Å². The Balaban J connectivity index is 0.00000208. The molecule has 1 aliphatic heterocycles. The van der Waals surface area contributed by atoms with Gasteiger partial charge in [-0.15, -0.1) is 12.4 Å². The molecule has 0 spiro atoms. The molecule has 1 fully saturated rings. The molecule has 0 saturated carbocycles. The van der Waals surface area contributed by atoms with Crippen LogP contribution in [0.3, 0.4) is 0 Å². The molecule has 0 radical (unpaired) electrons. The zero-order valence-electron chi connectivity index (χ0n) is 12.9. The molecule has 1 aliphatic rings. The fourth-order valence-electron chi connectivity index (χ4n) is 2.85. The van der Waals surface area contributed by atoms with E-state index in [-0.39, 0.29) is 18.4 Å². The van der Waals surface area contributed by atoms with E-state index in [0.717, 1.165) is 25.2 Å².